The molecule has 152 valence electrons. The predicted octanol–water partition coefficient (Wildman–Crippen LogP) is 2.68. The molecule has 2 aromatic heterocycles. The van der Waals surface area contributed by atoms with Gasteiger partial charge in [0, 0.05) is 43.9 Å². The first-order valence-corrected chi connectivity index (χ1v) is 11.1. The van der Waals surface area contributed by atoms with Gasteiger partial charge in [0.2, 0.25) is 10.0 Å². The SMILES string of the molecule is Cc1cc2nccn2nc1C1CCN(S(=O)(=O)c2cc3c(cc2F)OCC3)CC1. The molecule has 3 aromatic rings. The standard InChI is InChI=1S/C20H21FN4O3S/c1-13-10-19-22-5-8-25(19)23-20(13)14-2-6-24(7-3-14)29(26,27)18-11-15-4-9-28-17(15)12-16(18)21/h5,8,10-12,14H,2-4,6-7,9H2,1H3. The highest BCUT2D eigenvalue weighted by atomic mass is 32.2. The lowest BCUT2D eigenvalue weighted by molar-refractivity contribution is 0.313. The molecule has 29 heavy (non-hydrogen) atoms. The molecule has 4 heterocycles. The minimum atomic E-state index is -3.89. The van der Waals surface area contributed by atoms with Crippen molar-refractivity contribution in [2.45, 2.75) is 37.0 Å². The van der Waals surface area contributed by atoms with Crippen molar-refractivity contribution in [3.05, 3.63) is 53.2 Å². The fraction of sp³-hybridized carbons (Fsp3) is 0.400. The Hall–Kier alpha value is -2.52. The Bertz CT molecular complexity index is 1200. The molecule has 0 aliphatic carbocycles. The van der Waals surface area contributed by atoms with Gasteiger partial charge in [0.05, 0.1) is 12.3 Å². The molecule has 0 radical (unpaired) electrons. The third-order valence-electron chi connectivity index (χ3n) is 5.82. The summed E-state index contributed by atoms with van der Waals surface area (Å²) in [6.45, 7) is 3.13. The van der Waals surface area contributed by atoms with E-state index in [1.807, 2.05) is 13.0 Å². The van der Waals surface area contributed by atoms with Crippen LogP contribution in [0.2, 0.25) is 0 Å². The molecule has 2 aliphatic rings. The summed E-state index contributed by atoms with van der Waals surface area (Å²) in [5.41, 5.74) is 3.55. The molecular weight excluding hydrogens is 395 g/mol. The summed E-state index contributed by atoms with van der Waals surface area (Å²) in [6.07, 6.45) is 5.39. The number of benzene rings is 1. The summed E-state index contributed by atoms with van der Waals surface area (Å²) in [6, 6.07) is 4.61. The van der Waals surface area contributed by atoms with Crippen molar-refractivity contribution in [2.24, 2.45) is 0 Å². The van der Waals surface area contributed by atoms with Gasteiger partial charge >= 0.3 is 0 Å². The van der Waals surface area contributed by atoms with Crippen LogP contribution in [0.3, 0.4) is 0 Å². The Balaban J connectivity index is 1.38. The highest BCUT2D eigenvalue weighted by Gasteiger charge is 2.34. The molecule has 1 saturated heterocycles. The van der Waals surface area contributed by atoms with Crippen LogP contribution >= 0.6 is 0 Å². The van der Waals surface area contributed by atoms with E-state index in [2.05, 4.69) is 10.1 Å². The summed E-state index contributed by atoms with van der Waals surface area (Å²) in [5.74, 6) is -0.154. The zero-order chi connectivity index (χ0) is 20.2. The highest BCUT2D eigenvalue weighted by Crippen LogP contribution is 2.35. The van der Waals surface area contributed by atoms with E-state index in [0.717, 1.165) is 22.5 Å². The number of halogens is 1. The normalized spacial score (nSPS) is 18.1. The Morgan fingerprint density at radius 3 is 2.79 bits per heavy atom. The van der Waals surface area contributed by atoms with E-state index in [1.54, 1.807) is 16.9 Å². The third-order valence-corrected chi connectivity index (χ3v) is 7.73. The molecule has 0 bridgehead atoms. The van der Waals surface area contributed by atoms with Crippen LogP contribution in [0.15, 0.2) is 35.5 Å². The average molecular weight is 416 g/mol. The Labute approximate surface area is 168 Å². The molecular formula is C20H21FN4O3S. The molecule has 5 rings (SSSR count). The number of sulfonamides is 1. The Kier molecular flexibility index (Phi) is 4.32. The van der Waals surface area contributed by atoms with Gasteiger partial charge in [0.1, 0.15) is 16.5 Å². The van der Waals surface area contributed by atoms with Crippen molar-refractivity contribution in [2.75, 3.05) is 19.7 Å². The first kappa shape index (κ1) is 18.5. The van der Waals surface area contributed by atoms with Crippen LogP contribution < -0.4 is 4.74 Å². The first-order chi connectivity index (χ1) is 13.9. The third kappa shape index (κ3) is 3.08. The van der Waals surface area contributed by atoms with E-state index in [1.165, 1.54) is 16.4 Å². The summed E-state index contributed by atoms with van der Waals surface area (Å²) in [5, 5.41) is 4.67. The van der Waals surface area contributed by atoms with E-state index >= 15 is 0 Å². The largest absolute Gasteiger partial charge is 0.493 e. The number of aryl methyl sites for hydroxylation is 1. The second-order valence-electron chi connectivity index (χ2n) is 7.61. The van der Waals surface area contributed by atoms with Crippen LogP contribution in [0.4, 0.5) is 4.39 Å². The molecule has 1 fully saturated rings. The number of imidazole rings is 1. The summed E-state index contributed by atoms with van der Waals surface area (Å²) in [4.78, 5) is 3.99. The molecule has 0 spiro atoms. The fourth-order valence-electron chi connectivity index (χ4n) is 4.25. The Morgan fingerprint density at radius 2 is 2.00 bits per heavy atom. The van der Waals surface area contributed by atoms with Gasteiger partial charge in [-0.05, 0) is 43.0 Å². The van der Waals surface area contributed by atoms with E-state index in [0.29, 0.717) is 44.7 Å². The van der Waals surface area contributed by atoms with Gasteiger partial charge in [0.25, 0.3) is 0 Å². The Morgan fingerprint density at radius 1 is 1.21 bits per heavy atom. The zero-order valence-electron chi connectivity index (χ0n) is 16.0. The molecule has 0 amide bonds. The molecule has 0 saturated carbocycles. The maximum absolute atomic E-state index is 14.5. The second kappa shape index (κ2) is 6.77. The molecule has 1 aromatic carbocycles. The van der Waals surface area contributed by atoms with Crippen LogP contribution in [0.5, 0.6) is 5.75 Å². The van der Waals surface area contributed by atoms with Gasteiger partial charge in [-0.15, -0.1) is 0 Å². The van der Waals surface area contributed by atoms with Crippen molar-refractivity contribution in [1.29, 1.82) is 0 Å². The van der Waals surface area contributed by atoms with Crippen LogP contribution in [-0.4, -0.2) is 47.0 Å². The second-order valence-corrected chi connectivity index (χ2v) is 9.52. The number of fused-ring (bicyclic) bond motifs is 2. The lowest BCUT2D eigenvalue weighted by Crippen LogP contribution is -2.38. The fourth-order valence-corrected chi connectivity index (χ4v) is 5.81. The highest BCUT2D eigenvalue weighted by molar-refractivity contribution is 7.89. The zero-order valence-corrected chi connectivity index (χ0v) is 16.8. The monoisotopic (exact) mass is 416 g/mol. The minimum Gasteiger partial charge on any atom is -0.493 e. The molecule has 2 aliphatic heterocycles. The molecule has 0 unspecified atom stereocenters. The van der Waals surface area contributed by atoms with Crippen LogP contribution in [0.25, 0.3) is 5.65 Å². The molecule has 0 atom stereocenters. The van der Waals surface area contributed by atoms with Gasteiger partial charge in [-0.3, -0.25) is 0 Å². The van der Waals surface area contributed by atoms with E-state index in [4.69, 9.17) is 4.74 Å². The van der Waals surface area contributed by atoms with Crippen LogP contribution in [-0.2, 0) is 16.4 Å². The van der Waals surface area contributed by atoms with Crippen molar-refractivity contribution < 1.29 is 17.5 Å². The van der Waals surface area contributed by atoms with Gasteiger partial charge in [-0.2, -0.15) is 9.40 Å². The lowest BCUT2D eigenvalue weighted by Gasteiger charge is -2.31. The van der Waals surface area contributed by atoms with Crippen molar-refractivity contribution >= 4 is 15.7 Å². The van der Waals surface area contributed by atoms with Gasteiger partial charge in [0.15, 0.2) is 5.65 Å². The molecule has 0 N–H and O–H groups in total. The number of ether oxygens (including phenoxy) is 1. The number of hydrogen-bond donors (Lipinski definition) is 0. The van der Waals surface area contributed by atoms with Crippen LogP contribution in [0.1, 0.15) is 35.6 Å². The van der Waals surface area contributed by atoms with Crippen LogP contribution in [0, 0.1) is 12.7 Å². The van der Waals surface area contributed by atoms with Gasteiger partial charge in [-0.1, -0.05) is 0 Å². The lowest BCUT2D eigenvalue weighted by atomic mass is 9.92. The first-order valence-electron chi connectivity index (χ1n) is 9.70. The van der Waals surface area contributed by atoms with Gasteiger partial charge < -0.3 is 4.74 Å². The number of piperidine rings is 1. The predicted molar refractivity (Wildman–Crippen MR) is 104 cm³/mol. The van der Waals surface area contributed by atoms with Crippen molar-refractivity contribution in [3.63, 3.8) is 0 Å². The van der Waals surface area contributed by atoms with E-state index in [9.17, 15) is 12.8 Å². The summed E-state index contributed by atoms with van der Waals surface area (Å²) < 4.78 is 49.1. The number of hydrogen-bond acceptors (Lipinski definition) is 5. The maximum Gasteiger partial charge on any atom is 0.245 e. The smallest absolute Gasteiger partial charge is 0.245 e. The van der Waals surface area contributed by atoms with E-state index < -0.39 is 15.8 Å². The van der Waals surface area contributed by atoms with E-state index in [-0.39, 0.29) is 10.8 Å². The number of aromatic nitrogens is 3. The average Bonchev–Trinajstić information content (AvgIpc) is 3.35. The van der Waals surface area contributed by atoms with Crippen molar-refractivity contribution in [1.82, 2.24) is 18.9 Å². The van der Waals surface area contributed by atoms with Gasteiger partial charge in [-0.25, -0.2) is 22.3 Å². The number of nitrogens with zero attached hydrogens (tertiary/aromatic N) is 4. The van der Waals surface area contributed by atoms with Crippen molar-refractivity contribution in [3.8, 4) is 5.75 Å². The topological polar surface area (TPSA) is 76.8 Å². The summed E-state index contributed by atoms with van der Waals surface area (Å²) >= 11 is 0. The summed E-state index contributed by atoms with van der Waals surface area (Å²) in [7, 11) is -3.89. The number of rotatable bonds is 3. The quantitative estimate of drug-likeness (QED) is 0.656. The molecule has 9 heteroatoms. The maximum atomic E-state index is 14.5. The molecule has 7 nitrogen and oxygen atoms in total. The minimum absolute atomic E-state index is 0.159.